The molecule has 0 bridgehead atoms. The fourth-order valence-corrected chi connectivity index (χ4v) is 2.93. The van der Waals surface area contributed by atoms with Gasteiger partial charge in [0.1, 0.15) is 12.1 Å². The van der Waals surface area contributed by atoms with E-state index in [-0.39, 0.29) is 12.1 Å². The summed E-state index contributed by atoms with van der Waals surface area (Å²) in [5.41, 5.74) is 1.32. The minimum Gasteiger partial charge on any atom is -0.497 e. The highest BCUT2D eigenvalue weighted by atomic mass is 16.5. The monoisotopic (exact) mass is 360 g/mol. The molecule has 9 heteroatoms. The lowest BCUT2D eigenvalue weighted by Crippen LogP contribution is -2.45. The van der Waals surface area contributed by atoms with E-state index in [9.17, 15) is 4.79 Å². The number of anilines is 1. The maximum absolute atomic E-state index is 12.7. The Balaban J connectivity index is 1.69. The lowest BCUT2D eigenvalue weighted by atomic mass is 10.1. The average molecular weight is 360 g/mol. The molecule has 1 fully saturated rings. The minimum absolute atomic E-state index is 0.108. The number of carbonyl (C=O) groups is 1. The molecule has 2 heterocycles. The topological polar surface area (TPSA) is 94.4 Å². The fraction of sp³-hybridized carbons (Fsp3) is 0.529. The summed E-state index contributed by atoms with van der Waals surface area (Å²) in [5.74, 6) is 0.607. The summed E-state index contributed by atoms with van der Waals surface area (Å²) in [6.07, 6.45) is 4.51. The average Bonchev–Trinajstić information content (AvgIpc) is 3.21. The van der Waals surface area contributed by atoms with Crippen molar-refractivity contribution in [3.8, 4) is 11.4 Å². The number of amides is 2. The molecule has 1 aliphatic heterocycles. The largest absolute Gasteiger partial charge is 0.497 e. The number of benzene rings is 1. The molecule has 1 atom stereocenters. The number of hydrogen-bond donors (Lipinski definition) is 1. The molecule has 1 aromatic heterocycles. The Morgan fingerprint density at radius 2 is 2.27 bits per heavy atom. The molecule has 2 aromatic rings. The van der Waals surface area contributed by atoms with E-state index < -0.39 is 0 Å². The van der Waals surface area contributed by atoms with Crippen LogP contribution in [0.2, 0.25) is 0 Å². The van der Waals surface area contributed by atoms with Gasteiger partial charge in [-0.15, -0.1) is 5.10 Å². The second kappa shape index (κ2) is 8.61. The second-order valence-electron chi connectivity index (χ2n) is 6.19. The predicted molar refractivity (Wildman–Crippen MR) is 95.6 cm³/mol. The molecule has 0 aliphatic carbocycles. The number of urea groups is 1. The Hall–Kier alpha value is -2.68. The highest BCUT2D eigenvalue weighted by Crippen LogP contribution is 2.24. The van der Waals surface area contributed by atoms with E-state index in [1.807, 2.05) is 0 Å². The van der Waals surface area contributed by atoms with Crippen LogP contribution in [0.5, 0.6) is 5.75 Å². The van der Waals surface area contributed by atoms with E-state index in [1.54, 1.807) is 30.2 Å². The molecule has 1 aromatic carbocycles. The number of nitrogens with zero attached hydrogens (tertiary/aromatic N) is 5. The minimum atomic E-state index is -0.147. The van der Waals surface area contributed by atoms with Crippen molar-refractivity contribution in [2.45, 2.75) is 32.3 Å². The molecule has 1 saturated heterocycles. The number of nitrogens with one attached hydrogen (secondary N) is 1. The van der Waals surface area contributed by atoms with Gasteiger partial charge in [0.2, 0.25) is 0 Å². The second-order valence-corrected chi connectivity index (χ2v) is 6.19. The molecule has 140 valence electrons. The Morgan fingerprint density at radius 3 is 3.00 bits per heavy atom. The first-order valence-electron chi connectivity index (χ1n) is 8.79. The van der Waals surface area contributed by atoms with E-state index in [0.29, 0.717) is 23.7 Å². The van der Waals surface area contributed by atoms with E-state index in [0.717, 1.165) is 32.4 Å². The quantitative estimate of drug-likeness (QED) is 0.848. The summed E-state index contributed by atoms with van der Waals surface area (Å²) < 4.78 is 12.6. The first-order chi connectivity index (χ1) is 12.7. The summed E-state index contributed by atoms with van der Waals surface area (Å²) in [6.45, 7) is 4.14. The SMILES string of the molecule is CCCO[C@@H]1CCCN(C(=O)Nc2cc(OC)cc(-n3cnnn3)c2)C1. The van der Waals surface area contributed by atoms with E-state index in [4.69, 9.17) is 9.47 Å². The molecule has 0 unspecified atom stereocenters. The molecule has 2 amide bonds. The smallest absolute Gasteiger partial charge is 0.321 e. The summed E-state index contributed by atoms with van der Waals surface area (Å²) >= 11 is 0. The van der Waals surface area contributed by atoms with E-state index >= 15 is 0 Å². The number of methoxy groups -OCH3 is 1. The Kier molecular flexibility index (Phi) is 6.00. The van der Waals surface area contributed by atoms with Crippen LogP contribution in [0.1, 0.15) is 26.2 Å². The molecular weight excluding hydrogens is 336 g/mol. The van der Waals surface area contributed by atoms with Gasteiger partial charge >= 0.3 is 6.03 Å². The van der Waals surface area contributed by atoms with Crippen LogP contribution in [-0.2, 0) is 4.74 Å². The van der Waals surface area contributed by atoms with Crippen molar-refractivity contribution in [2.24, 2.45) is 0 Å². The number of rotatable bonds is 6. The third-order valence-corrected chi connectivity index (χ3v) is 4.21. The first kappa shape index (κ1) is 18.1. The number of tetrazole rings is 1. The molecule has 0 radical (unpaired) electrons. The van der Waals surface area contributed by atoms with Crippen molar-refractivity contribution in [3.63, 3.8) is 0 Å². The van der Waals surface area contributed by atoms with Crippen LogP contribution < -0.4 is 10.1 Å². The van der Waals surface area contributed by atoms with Gasteiger partial charge in [-0.25, -0.2) is 9.48 Å². The Morgan fingerprint density at radius 1 is 1.38 bits per heavy atom. The van der Waals surface area contributed by atoms with Gasteiger partial charge in [0.05, 0.1) is 18.9 Å². The number of aromatic nitrogens is 4. The van der Waals surface area contributed by atoms with Crippen LogP contribution in [0.3, 0.4) is 0 Å². The zero-order valence-electron chi connectivity index (χ0n) is 15.1. The number of piperidine rings is 1. The van der Waals surface area contributed by atoms with Gasteiger partial charge in [-0.05, 0) is 35.8 Å². The molecule has 0 spiro atoms. The maximum Gasteiger partial charge on any atom is 0.321 e. The lowest BCUT2D eigenvalue weighted by molar-refractivity contribution is 0.0115. The van der Waals surface area contributed by atoms with Crippen LogP contribution >= 0.6 is 0 Å². The Labute approximate surface area is 152 Å². The van der Waals surface area contributed by atoms with Crippen LogP contribution in [0.4, 0.5) is 10.5 Å². The van der Waals surface area contributed by atoms with Crippen molar-refractivity contribution >= 4 is 11.7 Å². The summed E-state index contributed by atoms with van der Waals surface area (Å²) in [6, 6.07) is 5.21. The van der Waals surface area contributed by atoms with Gasteiger partial charge in [0.25, 0.3) is 0 Å². The molecule has 3 rings (SSSR count). The zero-order chi connectivity index (χ0) is 18.4. The Bertz CT molecular complexity index is 721. The summed E-state index contributed by atoms with van der Waals surface area (Å²) in [4.78, 5) is 14.4. The van der Waals surface area contributed by atoms with Gasteiger partial charge in [-0.3, -0.25) is 0 Å². The van der Waals surface area contributed by atoms with Crippen LogP contribution in [0.25, 0.3) is 5.69 Å². The van der Waals surface area contributed by atoms with E-state index in [2.05, 4.69) is 27.8 Å². The highest BCUT2D eigenvalue weighted by molar-refractivity contribution is 5.90. The lowest BCUT2D eigenvalue weighted by Gasteiger charge is -2.32. The van der Waals surface area contributed by atoms with Gasteiger partial charge < -0.3 is 19.7 Å². The molecule has 1 aliphatic rings. The maximum atomic E-state index is 12.7. The van der Waals surface area contributed by atoms with Gasteiger partial charge in [0.15, 0.2) is 0 Å². The molecule has 1 N–H and O–H groups in total. The first-order valence-corrected chi connectivity index (χ1v) is 8.79. The third-order valence-electron chi connectivity index (χ3n) is 4.21. The van der Waals surface area contributed by atoms with Crippen molar-refractivity contribution in [1.29, 1.82) is 0 Å². The fourth-order valence-electron chi connectivity index (χ4n) is 2.93. The van der Waals surface area contributed by atoms with Crippen LogP contribution in [0.15, 0.2) is 24.5 Å². The summed E-state index contributed by atoms with van der Waals surface area (Å²) in [7, 11) is 1.57. The van der Waals surface area contributed by atoms with Crippen molar-refractivity contribution in [2.75, 3.05) is 32.1 Å². The number of likely N-dealkylation sites (tertiary alicyclic amines) is 1. The van der Waals surface area contributed by atoms with Crippen LogP contribution in [-0.4, -0.2) is 64.0 Å². The van der Waals surface area contributed by atoms with Gasteiger partial charge in [-0.2, -0.15) is 0 Å². The molecule has 9 nitrogen and oxygen atoms in total. The molecule has 26 heavy (non-hydrogen) atoms. The van der Waals surface area contributed by atoms with E-state index in [1.165, 1.54) is 11.0 Å². The van der Waals surface area contributed by atoms with Crippen molar-refractivity contribution in [3.05, 3.63) is 24.5 Å². The number of hydrogen-bond acceptors (Lipinski definition) is 6. The zero-order valence-corrected chi connectivity index (χ0v) is 15.1. The summed E-state index contributed by atoms with van der Waals surface area (Å²) in [5, 5.41) is 14.1. The molecular formula is C17H24N6O3. The number of ether oxygens (including phenoxy) is 2. The van der Waals surface area contributed by atoms with Gasteiger partial charge in [0, 0.05) is 37.5 Å². The predicted octanol–water partition coefficient (Wildman–Crippen LogP) is 2.09. The molecule has 0 saturated carbocycles. The van der Waals surface area contributed by atoms with Gasteiger partial charge in [-0.1, -0.05) is 6.92 Å². The third kappa shape index (κ3) is 4.48. The van der Waals surface area contributed by atoms with Crippen LogP contribution in [0, 0.1) is 0 Å². The highest BCUT2D eigenvalue weighted by Gasteiger charge is 2.24. The van der Waals surface area contributed by atoms with Crippen molar-refractivity contribution < 1.29 is 14.3 Å². The normalized spacial score (nSPS) is 17.2. The standard InChI is InChI=1S/C17H24N6O3/c1-3-7-26-15-5-4-6-22(11-15)17(24)19-13-8-14(10-16(9-13)25-2)23-12-18-20-21-23/h8-10,12,15H,3-7,11H2,1-2H3,(H,19,24)/t15-/m1/s1. The van der Waals surface area contributed by atoms with Crippen molar-refractivity contribution in [1.82, 2.24) is 25.1 Å². The number of carbonyl (C=O) groups excluding carboxylic acids is 1.